The molecule has 0 bridgehead atoms. The van der Waals surface area contributed by atoms with E-state index in [2.05, 4.69) is 5.16 Å². The van der Waals surface area contributed by atoms with Crippen LogP contribution < -0.4 is 0 Å². The lowest BCUT2D eigenvalue weighted by atomic mass is 10.1. The van der Waals surface area contributed by atoms with E-state index in [0.717, 1.165) is 16.8 Å². The molecule has 14 heavy (non-hydrogen) atoms. The summed E-state index contributed by atoms with van der Waals surface area (Å²) in [7, 11) is 0. The number of benzene rings is 1. The Balaban J connectivity index is 2.52. The molecule has 2 rings (SSSR count). The van der Waals surface area contributed by atoms with Gasteiger partial charge in [-0.1, -0.05) is 35.5 Å². The predicted molar refractivity (Wildman–Crippen MR) is 52.6 cm³/mol. The van der Waals surface area contributed by atoms with E-state index in [9.17, 15) is 0 Å². The smallest absolute Gasteiger partial charge is 0.172 e. The van der Waals surface area contributed by atoms with Gasteiger partial charge in [-0.05, 0) is 6.92 Å². The molecule has 3 nitrogen and oxygen atoms in total. The molecule has 0 unspecified atom stereocenters. The van der Waals surface area contributed by atoms with Crippen molar-refractivity contribution in [1.29, 1.82) is 0 Å². The van der Waals surface area contributed by atoms with Crippen LogP contribution in [0.5, 0.6) is 0 Å². The van der Waals surface area contributed by atoms with Crippen molar-refractivity contribution in [1.82, 2.24) is 5.16 Å². The van der Waals surface area contributed by atoms with Gasteiger partial charge in [0, 0.05) is 11.1 Å². The largest absolute Gasteiger partial charge is 0.391 e. The number of rotatable bonds is 2. The quantitative estimate of drug-likeness (QED) is 0.787. The van der Waals surface area contributed by atoms with Gasteiger partial charge >= 0.3 is 0 Å². The minimum Gasteiger partial charge on any atom is -0.391 e. The summed E-state index contributed by atoms with van der Waals surface area (Å²) in [5.41, 5.74) is 2.44. The molecule has 0 saturated carbocycles. The molecule has 72 valence electrons. The number of hydrogen-bond donors (Lipinski definition) is 1. The summed E-state index contributed by atoms with van der Waals surface area (Å²) in [5, 5.41) is 13.0. The maximum absolute atomic E-state index is 9.15. The van der Waals surface area contributed by atoms with E-state index in [-0.39, 0.29) is 6.61 Å². The Hall–Kier alpha value is -1.61. The van der Waals surface area contributed by atoms with Crippen LogP contribution >= 0.6 is 0 Å². The van der Waals surface area contributed by atoms with Crippen molar-refractivity contribution in [2.24, 2.45) is 0 Å². The Labute approximate surface area is 82.0 Å². The molecule has 1 aromatic carbocycles. The molecule has 0 aliphatic carbocycles. The predicted octanol–water partition coefficient (Wildman–Crippen LogP) is 2.14. The van der Waals surface area contributed by atoms with Crippen molar-refractivity contribution >= 4 is 0 Å². The molecule has 1 heterocycles. The van der Waals surface area contributed by atoms with E-state index in [1.165, 1.54) is 0 Å². The van der Waals surface area contributed by atoms with Gasteiger partial charge in [0.1, 0.15) is 0 Å². The van der Waals surface area contributed by atoms with Gasteiger partial charge in [0.05, 0.1) is 12.3 Å². The van der Waals surface area contributed by atoms with E-state index < -0.39 is 0 Å². The van der Waals surface area contributed by atoms with E-state index >= 15 is 0 Å². The van der Waals surface area contributed by atoms with Gasteiger partial charge in [-0.3, -0.25) is 0 Å². The van der Waals surface area contributed by atoms with Crippen LogP contribution in [0.4, 0.5) is 0 Å². The van der Waals surface area contributed by atoms with Crippen molar-refractivity contribution in [2.75, 3.05) is 0 Å². The average molecular weight is 189 g/mol. The van der Waals surface area contributed by atoms with E-state index in [1.54, 1.807) is 0 Å². The fourth-order valence-electron chi connectivity index (χ4n) is 1.39. The highest BCUT2D eigenvalue weighted by atomic mass is 16.5. The summed E-state index contributed by atoms with van der Waals surface area (Å²) in [4.78, 5) is 0. The summed E-state index contributed by atoms with van der Waals surface area (Å²) in [6.07, 6.45) is 0. The Morgan fingerprint density at radius 1 is 1.29 bits per heavy atom. The van der Waals surface area contributed by atoms with Crippen molar-refractivity contribution in [3.05, 3.63) is 41.6 Å². The highest BCUT2D eigenvalue weighted by Gasteiger charge is 2.12. The lowest BCUT2D eigenvalue weighted by Crippen LogP contribution is -1.86. The normalized spacial score (nSPS) is 10.4. The first-order valence-electron chi connectivity index (χ1n) is 4.44. The lowest BCUT2D eigenvalue weighted by Gasteiger charge is -1.97. The first-order chi connectivity index (χ1) is 6.83. The molecule has 0 atom stereocenters. The maximum Gasteiger partial charge on any atom is 0.172 e. The van der Waals surface area contributed by atoms with Crippen LogP contribution in [-0.4, -0.2) is 10.3 Å². The number of aromatic nitrogens is 1. The van der Waals surface area contributed by atoms with E-state index in [0.29, 0.717) is 5.76 Å². The van der Waals surface area contributed by atoms with Crippen molar-refractivity contribution < 1.29 is 9.63 Å². The number of aliphatic hydroxyl groups excluding tert-OH is 1. The minimum absolute atomic E-state index is 0.0421. The zero-order chi connectivity index (χ0) is 9.97. The fraction of sp³-hybridized carbons (Fsp3) is 0.182. The second-order valence-electron chi connectivity index (χ2n) is 3.10. The molecule has 0 aliphatic rings. The second-order valence-corrected chi connectivity index (χ2v) is 3.10. The number of nitrogens with zero attached hydrogens (tertiary/aromatic N) is 1. The van der Waals surface area contributed by atoms with Crippen LogP contribution in [0.15, 0.2) is 34.9 Å². The minimum atomic E-state index is -0.0421. The van der Waals surface area contributed by atoms with Crippen molar-refractivity contribution in [2.45, 2.75) is 13.5 Å². The fourth-order valence-corrected chi connectivity index (χ4v) is 1.39. The summed E-state index contributed by atoms with van der Waals surface area (Å²) in [6.45, 7) is 1.78. The molecule has 0 amide bonds. The Kier molecular flexibility index (Phi) is 2.33. The zero-order valence-corrected chi connectivity index (χ0v) is 7.90. The third kappa shape index (κ3) is 1.42. The molecule has 0 saturated heterocycles. The van der Waals surface area contributed by atoms with Crippen LogP contribution in [-0.2, 0) is 6.61 Å². The molecular formula is C11H11NO2. The molecule has 1 aromatic heterocycles. The Morgan fingerprint density at radius 3 is 2.64 bits per heavy atom. The van der Waals surface area contributed by atoms with E-state index in [4.69, 9.17) is 9.63 Å². The first-order valence-corrected chi connectivity index (χ1v) is 4.44. The number of aliphatic hydroxyl groups is 1. The summed E-state index contributed by atoms with van der Waals surface area (Å²) in [6, 6.07) is 9.65. The third-order valence-electron chi connectivity index (χ3n) is 2.18. The lowest BCUT2D eigenvalue weighted by molar-refractivity contribution is 0.281. The molecular weight excluding hydrogens is 178 g/mol. The van der Waals surface area contributed by atoms with E-state index in [1.807, 2.05) is 37.3 Å². The Bertz CT molecular complexity index is 420. The van der Waals surface area contributed by atoms with Gasteiger partial charge in [0.2, 0.25) is 0 Å². The zero-order valence-electron chi connectivity index (χ0n) is 7.90. The second kappa shape index (κ2) is 3.64. The van der Waals surface area contributed by atoms with Gasteiger partial charge in [-0.25, -0.2) is 0 Å². The Morgan fingerprint density at radius 2 is 2.00 bits per heavy atom. The number of aryl methyl sites for hydroxylation is 1. The number of hydrogen-bond acceptors (Lipinski definition) is 3. The summed E-state index contributed by atoms with van der Waals surface area (Å²) >= 11 is 0. The molecule has 0 spiro atoms. The van der Waals surface area contributed by atoms with Gasteiger partial charge < -0.3 is 9.63 Å². The van der Waals surface area contributed by atoms with Crippen LogP contribution in [0.1, 0.15) is 11.3 Å². The molecule has 0 radical (unpaired) electrons. The SMILES string of the molecule is Cc1noc(-c2ccccc2)c1CO. The van der Waals surface area contributed by atoms with Gasteiger partial charge in [-0.2, -0.15) is 0 Å². The van der Waals surface area contributed by atoms with Crippen LogP contribution in [0.3, 0.4) is 0 Å². The topological polar surface area (TPSA) is 46.3 Å². The van der Waals surface area contributed by atoms with Gasteiger partial charge in [0.25, 0.3) is 0 Å². The molecule has 0 fully saturated rings. The van der Waals surface area contributed by atoms with Crippen LogP contribution in [0.2, 0.25) is 0 Å². The first kappa shape index (κ1) is 8.97. The average Bonchev–Trinajstić information content (AvgIpc) is 2.61. The standard InChI is InChI=1S/C11H11NO2/c1-8-10(7-13)11(14-12-8)9-5-3-2-4-6-9/h2-6,13H,7H2,1H3. The monoisotopic (exact) mass is 189 g/mol. The summed E-state index contributed by atoms with van der Waals surface area (Å²) in [5.74, 6) is 0.658. The third-order valence-corrected chi connectivity index (χ3v) is 2.18. The maximum atomic E-state index is 9.15. The molecule has 0 aliphatic heterocycles. The van der Waals surface area contributed by atoms with Crippen LogP contribution in [0, 0.1) is 6.92 Å². The molecule has 3 heteroatoms. The highest BCUT2D eigenvalue weighted by Crippen LogP contribution is 2.25. The van der Waals surface area contributed by atoms with Crippen LogP contribution in [0.25, 0.3) is 11.3 Å². The van der Waals surface area contributed by atoms with Gasteiger partial charge in [-0.15, -0.1) is 0 Å². The highest BCUT2D eigenvalue weighted by molar-refractivity contribution is 5.61. The van der Waals surface area contributed by atoms with Gasteiger partial charge in [0.15, 0.2) is 5.76 Å². The van der Waals surface area contributed by atoms with Crippen molar-refractivity contribution in [3.63, 3.8) is 0 Å². The van der Waals surface area contributed by atoms with Crippen molar-refractivity contribution in [3.8, 4) is 11.3 Å². The molecule has 1 N–H and O–H groups in total. The molecule has 2 aromatic rings. The summed E-state index contributed by atoms with van der Waals surface area (Å²) < 4.78 is 5.16.